The lowest BCUT2D eigenvalue weighted by Gasteiger charge is -2.04. The lowest BCUT2D eigenvalue weighted by Crippen LogP contribution is -2.05. The molecule has 0 amide bonds. The Morgan fingerprint density at radius 1 is 1.58 bits per heavy atom. The van der Waals surface area contributed by atoms with Gasteiger partial charge in [0.25, 0.3) is 0 Å². The number of rotatable bonds is 2. The highest BCUT2D eigenvalue weighted by Crippen LogP contribution is 2.16. The Kier molecular flexibility index (Phi) is 2.91. The summed E-state index contributed by atoms with van der Waals surface area (Å²) < 4.78 is 28.0. The van der Waals surface area contributed by atoms with Crippen LogP contribution in [0.1, 0.15) is 5.69 Å². The highest BCUT2D eigenvalue weighted by atomic mass is 79.9. The molecule has 1 aromatic heterocycles. The SMILES string of the molecule is Cc1nc(Br)cnc1OC(F)F. The van der Waals surface area contributed by atoms with Crippen LogP contribution in [0.15, 0.2) is 10.8 Å². The van der Waals surface area contributed by atoms with Gasteiger partial charge in [0.2, 0.25) is 5.88 Å². The maximum atomic E-state index is 11.7. The van der Waals surface area contributed by atoms with Crippen LogP contribution in [-0.2, 0) is 0 Å². The van der Waals surface area contributed by atoms with E-state index in [0.29, 0.717) is 10.3 Å². The molecule has 0 atom stereocenters. The lowest BCUT2D eigenvalue weighted by atomic mass is 10.5. The summed E-state index contributed by atoms with van der Waals surface area (Å²) in [7, 11) is 0. The van der Waals surface area contributed by atoms with Crippen LogP contribution in [0.3, 0.4) is 0 Å². The van der Waals surface area contributed by atoms with Crippen molar-refractivity contribution in [3.8, 4) is 5.88 Å². The summed E-state index contributed by atoms with van der Waals surface area (Å²) in [6.07, 6.45) is 1.30. The van der Waals surface area contributed by atoms with Crippen molar-refractivity contribution >= 4 is 15.9 Å². The molecule has 0 aliphatic rings. The lowest BCUT2D eigenvalue weighted by molar-refractivity contribution is -0.0536. The zero-order valence-corrected chi connectivity index (χ0v) is 7.68. The summed E-state index contributed by atoms with van der Waals surface area (Å²) in [5.74, 6) is -0.145. The van der Waals surface area contributed by atoms with Crippen molar-refractivity contribution in [2.75, 3.05) is 0 Å². The van der Waals surface area contributed by atoms with E-state index in [0.717, 1.165) is 0 Å². The number of ether oxygens (including phenoxy) is 1. The molecule has 0 N–H and O–H groups in total. The fraction of sp³-hybridized carbons (Fsp3) is 0.333. The van der Waals surface area contributed by atoms with E-state index >= 15 is 0 Å². The molecule has 0 aromatic carbocycles. The van der Waals surface area contributed by atoms with E-state index in [1.54, 1.807) is 0 Å². The van der Waals surface area contributed by atoms with E-state index in [1.165, 1.54) is 13.1 Å². The maximum absolute atomic E-state index is 11.7. The van der Waals surface area contributed by atoms with Gasteiger partial charge in [0, 0.05) is 0 Å². The molecule has 3 nitrogen and oxygen atoms in total. The van der Waals surface area contributed by atoms with Crippen LogP contribution in [0.5, 0.6) is 5.88 Å². The second-order valence-electron chi connectivity index (χ2n) is 1.96. The Morgan fingerprint density at radius 3 is 2.75 bits per heavy atom. The van der Waals surface area contributed by atoms with Gasteiger partial charge in [-0.25, -0.2) is 9.97 Å². The minimum atomic E-state index is -2.86. The number of halogens is 3. The van der Waals surface area contributed by atoms with Gasteiger partial charge < -0.3 is 4.74 Å². The molecule has 0 bridgehead atoms. The molecule has 0 saturated carbocycles. The smallest absolute Gasteiger partial charge is 0.388 e. The Hall–Kier alpha value is -0.780. The van der Waals surface area contributed by atoms with Gasteiger partial charge in [0.05, 0.1) is 6.20 Å². The minimum Gasteiger partial charge on any atom is -0.415 e. The Bertz CT molecular complexity index is 282. The van der Waals surface area contributed by atoms with E-state index in [-0.39, 0.29) is 5.88 Å². The third-order valence-corrected chi connectivity index (χ3v) is 1.46. The number of aromatic nitrogens is 2. The fourth-order valence-electron chi connectivity index (χ4n) is 0.642. The maximum Gasteiger partial charge on any atom is 0.388 e. The summed E-state index contributed by atoms with van der Waals surface area (Å²) in [6, 6.07) is 0. The largest absolute Gasteiger partial charge is 0.415 e. The quantitative estimate of drug-likeness (QED) is 0.792. The summed E-state index contributed by atoms with van der Waals surface area (Å²) in [5.41, 5.74) is 0.324. The summed E-state index contributed by atoms with van der Waals surface area (Å²) in [5, 5.41) is 0. The monoisotopic (exact) mass is 238 g/mol. The average Bonchev–Trinajstić information content (AvgIpc) is 1.94. The van der Waals surface area contributed by atoms with Crippen LogP contribution in [0, 0.1) is 6.92 Å². The Morgan fingerprint density at radius 2 is 2.25 bits per heavy atom. The van der Waals surface area contributed by atoms with Gasteiger partial charge >= 0.3 is 6.61 Å². The first-order valence-corrected chi connectivity index (χ1v) is 3.83. The van der Waals surface area contributed by atoms with Gasteiger partial charge in [-0.15, -0.1) is 0 Å². The van der Waals surface area contributed by atoms with Crippen molar-refractivity contribution in [1.29, 1.82) is 0 Å². The van der Waals surface area contributed by atoms with E-state index in [4.69, 9.17) is 0 Å². The van der Waals surface area contributed by atoms with Crippen LogP contribution >= 0.6 is 15.9 Å². The van der Waals surface area contributed by atoms with Gasteiger partial charge in [0.15, 0.2) is 0 Å². The molecule has 12 heavy (non-hydrogen) atoms. The number of hydrogen-bond donors (Lipinski definition) is 0. The average molecular weight is 239 g/mol. The topological polar surface area (TPSA) is 35.0 Å². The highest BCUT2D eigenvalue weighted by molar-refractivity contribution is 9.10. The molecule has 0 unspecified atom stereocenters. The van der Waals surface area contributed by atoms with Gasteiger partial charge in [-0.2, -0.15) is 8.78 Å². The molecular formula is C6H5BrF2N2O. The minimum absolute atomic E-state index is 0.145. The number of aryl methyl sites for hydroxylation is 1. The fourth-order valence-corrected chi connectivity index (χ4v) is 1.01. The molecule has 0 saturated heterocycles. The van der Waals surface area contributed by atoms with E-state index in [9.17, 15) is 8.78 Å². The Balaban J connectivity index is 2.86. The van der Waals surface area contributed by atoms with Gasteiger partial charge in [-0.05, 0) is 22.9 Å². The predicted molar refractivity (Wildman–Crippen MR) is 41.1 cm³/mol. The molecule has 1 aromatic rings. The van der Waals surface area contributed by atoms with Crippen molar-refractivity contribution in [3.05, 3.63) is 16.5 Å². The first kappa shape index (κ1) is 9.31. The number of nitrogens with zero attached hydrogens (tertiary/aromatic N) is 2. The second-order valence-corrected chi connectivity index (χ2v) is 2.77. The highest BCUT2D eigenvalue weighted by Gasteiger charge is 2.09. The molecule has 6 heteroatoms. The summed E-state index contributed by atoms with van der Waals surface area (Å²) in [6.45, 7) is -1.32. The van der Waals surface area contributed by atoms with Crippen molar-refractivity contribution < 1.29 is 13.5 Å². The molecule has 0 aliphatic carbocycles. The number of hydrogen-bond acceptors (Lipinski definition) is 3. The zero-order chi connectivity index (χ0) is 9.14. The van der Waals surface area contributed by atoms with Crippen molar-refractivity contribution in [1.82, 2.24) is 9.97 Å². The molecule has 0 radical (unpaired) electrons. The number of alkyl halides is 2. The molecule has 66 valence electrons. The van der Waals surface area contributed by atoms with Crippen molar-refractivity contribution in [3.63, 3.8) is 0 Å². The van der Waals surface area contributed by atoms with Gasteiger partial charge in [0.1, 0.15) is 10.3 Å². The standard InChI is InChI=1S/C6H5BrF2N2O/c1-3-5(12-6(8)9)10-2-4(7)11-3/h2,6H,1H3. The van der Waals surface area contributed by atoms with Gasteiger partial charge in [-0.1, -0.05) is 0 Å². The van der Waals surface area contributed by atoms with E-state index in [2.05, 4.69) is 30.6 Å². The Labute approximate surface area is 75.9 Å². The molecular weight excluding hydrogens is 234 g/mol. The molecule has 1 rings (SSSR count). The van der Waals surface area contributed by atoms with Crippen LogP contribution in [0.2, 0.25) is 0 Å². The normalized spacial score (nSPS) is 10.4. The van der Waals surface area contributed by atoms with E-state index < -0.39 is 6.61 Å². The third-order valence-electron chi connectivity index (χ3n) is 1.07. The molecule has 0 fully saturated rings. The van der Waals surface area contributed by atoms with Crippen molar-refractivity contribution in [2.24, 2.45) is 0 Å². The third kappa shape index (κ3) is 2.37. The van der Waals surface area contributed by atoms with Crippen LogP contribution in [0.25, 0.3) is 0 Å². The van der Waals surface area contributed by atoms with Gasteiger partial charge in [-0.3, -0.25) is 0 Å². The first-order valence-electron chi connectivity index (χ1n) is 3.03. The zero-order valence-electron chi connectivity index (χ0n) is 6.09. The van der Waals surface area contributed by atoms with Crippen molar-refractivity contribution in [2.45, 2.75) is 13.5 Å². The predicted octanol–water partition coefficient (Wildman–Crippen LogP) is 2.15. The second kappa shape index (κ2) is 3.75. The molecule has 0 aliphatic heterocycles. The van der Waals surface area contributed by atoms with Crippen LogP contribution in [0.4, 0.5) is 8.78 Å². The first-order chi connectivity index (χ1) is 5.59. The van der Waals surface area contributed by atoms with Crippen LogP contribution < -0.4 is 4.74 Å². The van der Waals surface area contributed by atoms with Crippen LogP contribution in [-0.4, -0.2) is 16.6 Å². The molecule has 0 spiro atoms. The summed E-state index contributed by atoms with van der Waals surface area (Å²) in [4.78, 5) is 7.43. The summed E-state index contributed by atoms with van der Waals surface area (Å²) >= 11 is 3.05. The van der Waals surface area contributed by atoms with E-state index in [1.807, 2.05) is 0 Å². The molecule has 1 heterocycles.